The third-order valence-electron chi connectivity index (χ3n) is 10.5. The van der Waals surface area contributed by atoms with E-state index >= 15 is 0 Å². The molecule has 0 heterocycles. The van der Waals surface area contributed by atoms with E-state index in [1.165, 1.54) is 78.4 Å². The molecule has 0 aromatic heterocycles. The lowest BCUT2D eigenvalue weighted by Gasteiger charge is -2.29. The van der Waals surface area contributed by atoms with Gasteiger partial charge < -0.3 is 19.1 Å². The van der Waals surface area contributed by atoms with Crippen LogP contribution in [0.15, 0.2) is 48.6 Å². The summed E-state index contributed by atoms with van der Waals surface area (Å²) in [6, 6.07) is 0. The van der Waals surface area contributed by atoms with Crippen LogP contribution < -0.4 is 0 Å². The van der Waals surface area contributed by atoms with E-state index in [-0.39, 0.29) is 29.4 Å². The van der Waals surface area contributed by atoms with Gasteiger partial charge in [0, 0.05) is 19.4 Å². The number of rotatable bonds is 39. The van der Waals surface area contributed by atoms with E-state index in [0.29, 0.717) is 25.2 Å². The Balaban J connectivity index is 4.36. The van der Waals surface area contributed by atoms with Crippen molar-refractivity contribution in [3.05, 3.63) is 48.6 Å². The van der Waals surface area contributed by atoms with E-state index in [1.54, 1.807) is 0 Å². The van der Waals surface area contributed by atoms with Crippen LogP contribution in [-0.2, 0) is 28.6 Å². The standard InChI is InChI=1S/C50H89NO6/c1-45(44-51(4)5)42-50(2,3)43-49(54)57-46(38-34-30-26-22-18-14-10-8-12-16-20-24-28-32-36-40-47(52)55-6)39-35-31-27-23-19-15-11-9-13-17-21-25-29-33-37-41-48(53)56-7/h8-9,12-13,20-21,24-25,45-46H,10-11,14-19,22-23,26-44H2,1-7H3/b12-8-,13-9-,24-20-,25-21-. The van der Waals surface area contributed by atoms with Crippen molar-refractivity contribution >= 4 is 17.9 Å². The summed E-state index contributed by atoms with van der Waals surface area (Å²) in [6.07, 6.45) is 47.5. The van der Waals surface area contributed by atoms with Crippen LogP contribution in [-0.4, -0.2) is 63.8 Å². The number of hydrogen-bond donors (Lipinski definition) is 0. The predicted molar refractivity (Wildman–Crippen MR) is 241 cm³/mol. The minimum atomic E-state index is -0.118. The molecule has 57 heavy (non-hydrogen) atoms. The molecule has 0 N–H and O–H groups in total. The molecule has 330 valence electrons. The molecular formula is C50H89NO6. The highest BCUT2D eigenvalue weighted by Gasteiger charge is 2.27. The lowest BCUT2D eigenvalue weighted by Crippen LogP contribution is -2.28. The zero-order valence-electron chi connectivity index (χ0n) is 38.2. The Labute approximate surface area is 351 Å². The van der Waals surface area contributed by atoms with E-state index in [0.717, 1.165) is 103 Å². The van der Waals surface area contributed by atoms with Gasteiger partial charge in [-0.15, -0.1) is 0 Å². The first-order valence-electron chi connectivity index (χ1n) is 23.1. The number of ether oxygens (including phenoxy) is 3. The second kappa shape index (κ2) is 38.8. The summed E-state index contributed by atoms with van der Waals surface area (Å²) in [5, 5.41) is 0. The Hall–Kier alpha value is -2.67. The quantitative estimate of drug-likeness (QED) is 0.0265. The first kappa shape index (κ1) is 54.3. The first-order valence-corrected chi connectivity index (χ1v) is 23.1. The molecule has 0 saturated heterocycles. The van der Waals surface area contributed by atoms with Crippen molar-refractivity contribution < 1.29 is 28.6 Å². The Morgan fingerprint density at radius 2 is 0.895 bits per heavy atom. The van der Waals surface area contributed by atoms with Crippen molar-refractivity contribution in [1.29, 1.82) is 0 Å². The van der Waals surface area contributed by atoms with E-state index in [9.17, 15) is 14.4 Å². The minimum absolute atomic E-state index is 0.0135. The first-order chi connectivity index (χ1) is 27.5. The number of nitrogens with zero attached hydrogens (tertiary/aromatic N) is 1. The molecule has 7 nitrogen and oxygen atoms in total. The van der Waals surface area contributed by atoms with Gasteiger partial charge in [0.1, 0.15) is 6.10 Å². The topological polar surface area (TPSA) is 82.1 Å². The van der Waals surface area contributed by atoms with Gasteiger partial charge in [0.05, 0.1) is 20.6 Å². The number of methoxy groups -OCH3 is 2. The van der Waals surface area contributed by atoms with E-state index in [1.807, 2.05) is 0 Å². The maximum absolute atomic E-state index is 13.2. The molecule has 0 aliphatic heterocycles. The van der Waals surface area contributed by atoms with Crippen LogP contribution in [0, 0.1) is 11.3 Å². The zero-order chi connectivity index (χ0) is 42.2. The van der Waals surface area contributed by atoms with Gasteiger partial charge in [0.15, 0.2) is 0 Å². The van der Waals surface area contributed by atoms with E-state index in [4.69, 9.17) is 4.74 Å². The Morgan fingerprint density at radius 1 is 0.526 bits per heavy atom. The van der Waals surface area contributed by atoms with Gasteiger partial charge in [-0.25, -0.2) is 0 Å². The fourth-order valence-corrected chi connectivity index (χ4v) is 7.55. The molecule has 0 aliphatic rings. The van der Waals surface area contributed by atoms with Gasteiger partial charge in [-0.3, -0.25) is 14.4 Å². The molecule has 0 amide bonds. The van der Waals surface area contributed by atoms with Crippen molar-refractivity contribution in [2.75, 3.05) is 34.9 Å². The summed E-state index contributed by atoms with van der Waals surface area (Å²) in [5.41, 5.74) is -0.0593. The Morgan fingerprint density at radius 3 is 1.28 bits per heavy atom. The second-order valence-corrected chi connectivity index (χ2v) is 17.4. The second-order valence-electron chi connectivity index (χ2n) is 17.4. The number of unbranched alkanes of at least 4 members (excludes halogenated alkanes) is 16. The number of carbonyl (C=O) groups is 3. The van der Waals surface area contributed by atoms with Crippen molar-refractivity contribution in [2.24, 2.45) is 11.3 Å². The lowest BCUT2D eigenvalue weighted by atomic mass is 9.80. The summed E-state index contributed by atoms with van der Waals surface area (Å²) in [6.45, 7) is 7.75. The molecule has 0 aliphatic carbocycles. The summed E-state index contributed by atoms with van der Waals surface area (Å²) in [4.78, 5) is 37.7. The molecule has 1 unspecified atom stereocenters. The molecule has 0 aromatic carbocycles. The molecule has 0 bridgehead atoms. The van der Waals surface area contributed by atoms with Crippen LogP contribution in [0.2, 0.25) is 0 Å². The summed E-state index contributed by atoms with van der Waals surface area (Å²) >= 11 is 0. The molecule has 0 radical (unpaired) electrons. The van der Waals surface area contributed by atoms with Crippen molar-refractivity contribution in [3.63, 3.8) is 0 Å². The van der Waals surface area contributed by atoms with Crippen LogP contribution in [0.1, 0.15) is 201 Å². The third kappa shape index (κ3) is 39.9. The van der Waals surface area contributed by atoms with Crippen LogP contribution in [0.5, 0.6) is 0 Å². The van der Waals surface area contributed by atoms with Crippen molar-refractivity contribution in [3.8, 4) is 0 Å². The largest absolute Gasteiger partial charge is 0.469 e. The Bertz CT molecular complexity index is 1030. The van der Waals surface area contributed by atoms with Gasteiger partial charge in [0.25, 0.3) is 0 Å². The average molecular weight is 800 g/mol. The number of allylic oxidation sites excluding steroid dienone is 8. The predicted octanol–water partition coefficient (Wildman–Crippen LogP) is 13.6. The summed E-state index contributed by atoms with van der Waals surface area (Å²) in [7, 11) is 7.12. The molecule has 0 spiro atoms. The molecule has 0 fully saturated rings. The molecule has 7 heteroatoms. The number of esters is 3. The fraction of sp³-hybridized carbons (Fsp3) is 0.780. The maximum Gasteiger partial charge on any atom is 0.306 e. The normalized spacial score (nSPS) is 12.9. The number of hydrogen-bond acceptors (Lipinski definition) is 7. The SMILES string of the molecule is COC(=O)CCCC/C=C\C/C=C\CCCCCCCCC(CCCCCCCC/C=C\C/C=C\CCCCC(=O)OC)OC(=O)CC(C)(C)CC(C)CN(C)C. The Kier molecular flexibility index (Phi) is 37.0. The monoisotopic (exact) mass is 800 g/mol. The molecule has 0 saturated carbocycles. The smallest absolute Gasteiger partial charge is 0.306 e. The van der Waals surface area contributed by atoms with Gasteiger partial charge in [0.2, 0.25) is 0 Å². The highest BCUT2D eigenvalue weighted by Crippen LogP contribution is 2.31. The number of carbonyl (C=O) groups excluding carboxylic acids is 3. The van der Waals surface area contributed by atoms with Gasteiger partial charge in [-0.05, 0) is 135 Å². The summed E-state index contributed by atoms with van der Waals surface area (Å²) < 4.78 is 15.6. The highest BCUT2D eigenvalue weighted by atomic mass is 16.5. The molecule has 0 aromatic rings. The van der Waals surface area contributed by atoms with Crippen molar-refractivity contribution in [2.45, 2.75) is 207 Å². The minimum Gasteiger partial charge on any atom is -0.469 e. The zero-order valence-corrected chi connectivity index (χ0v) is 38.2. The molecular weight excluding hydrogens is 711 g/mol. The summed E-state index contributed by atoms with van der Waals surface area (Å²) in [5.74, 6) is 0.292. The van der Waals surface area contributed by atoms with Crippen LogP contribution >= 0.6 is 0 Å². The maximum atomic E-state index is 13.2. The average Bonchev–Trinajstić information content (AvgIpc) is 3.15. The van der Waals surface area contributed by atoms with Crippen LogP contribution in [0.4, 0.5) is 0 Å². The van der Waals surface area contributed by atoms with E-state index < -0.39 is 0 Å². The highest BCUT2D eigenvalue weighted by molar-refractivity contribution is 5.70. The van der Waals surface area contributed by atoms with Gasteiger partial charge in [-0.2, -0.15) is 0 Å². The lowest BCUT2D eigenvalue weighted by molar-refractivity contribution is -0.152. The third-order valence-corrected chi connectivity index (χ3v) is 10.5. The van der Waals surface area contributed by atoms with Crippen molar-refractivity contribution in [1.82, 2.24) is 4.90 Å². The van der Waals surface area contributed by atoms with Crippen LogP contribution in [0.3, 0.4) is 0 Å². The van der Waals surface area contributed by atoms with Crippen LogP contribution in [0.25, 0.3) is 0 Å². The molecule has 1 atom stereocenters. The van der Waals surface area contributed by atoms with E-state index in [2.05, 4.69) is 97.8 Å². The van der Waals surface area contributed by atoms with Gasteiger partial charge in [-0.1, -0.05) is 121 Å². The fourth-order valence-electron chi connectivity index (χ4n) is 7.55. The van der Waals surface area contributed by atoms with Gasteiger partial charge >= 0.3 is 17.9 Å². The molecule has 0 rings (SSSR count).